The molecule has 0 amide bonds. The Morgan fingerprint density at radius 3 is 2.73 bits per heavy atom. The van der Waals surface area contributed by atoms with Crippen molar-refractivity contribution in [2.24, 2.45) is 0 Å². The molecule has 0 N–H and O–H groups in total. The predicted molar refractivity (Wildman–Crippen MR) is 44.4 cm³/mol. The van der Waals surface area contributed by atoms with E-state index in [9.17, 15) is 0 Å². The molecule has 1 aromatic heterocycles. The molecule has 0 bridgehead atoms. The number of nitrogens with zero attached hydrogens (tertiary/aromatic N) is 1. The van der Waals surface area contributed by atoms with Gasteiger partial charge in [0.15, 0.2) is 0 Å². The Bertz CT molecular complexity index is 323. The standard InChI is InChI=1S/C8H7NS.K/c1-6-9-7-4-2-3-5-8(7)10-6;/h2-5H,1H3;/q;+1. The molecule has 2 rings (SSSR count). The smallest absolute Gasteiger partial charge is 0.242 e. The molecule has 0 spiro atoms. The average molecular weight is 188 g/mol. The molecule has 3 heteroatoms. The fourth-order valence-corrected chi connectivity index (χ4v) is 1.81. The van der Waals surface area contributed by atoms with E-state index in [1.165, 1.54) is 4.70 Å². The van der Waals surface area contributed by atoms with Crippen LogP contribution in [0.1, 0.15) is 5.01 Å². The van der Waals surface area contributed by atoms with E-state index >= 15 is 0 Å². The van der Waals surface area contributed by atoms with Crippen LogP contribution in [0.3, 0.4) is 0 Å². The van der Waals surface area contributed by atoms with Crippen LogP contribution in [0.2, 0.25) is 0 Å². The summed E-state index contributed by atoms with van der Waals surface area (Å²) in [5.41, 5.74) is 1.12. The topological polar surface area (TPSA) is 12.9 Å². The number of thiazole rings is 1. The van der Waals surface area contributed by atoms with Crippen molar-refractivity contribution in [1.29, 1.82) is 0 Å². The van der Waals surface area contributed by atoms with Gasteiger partial charge in [0.05, 0.1) is 15.2 Å². The summed E-state index contributed by atoms with van der Waals surface area (Å²) in [6.07, 6.45) is 0. The quantitative estimate of drug-likeness (QED) is 0.513. The number of fused-ring (bicyclic) bond motifs is 1. The first kappa shape index (κ1) is 9.83. The van der Waals surface area contributed by atoms with Crippen LogP contribution in [0.5, 0.6) is 0 Å². The summed E-state index contributed by atoms with van der Waals surface area (Å²) < 4.78 is 1.28. The molecule has 0 aliphatic carbocycles. The maximum absolute atomic E-state index is 4.33. The van der Waals surface area contributed by atoms with E-state index in [0.717, 1.165) is 10.5 Å². The van der Waals surface area contributed by atoms with E-state index < -0.39 is 0 Å². The van der Waals surface area contributed by atoms with E-state index in [1.54, 1.807) is 11.3 Å². The van der Waals surface area contributed by atoms with Crippen LogP contribution >= 0.6 is 11.3 Å². The Labute approximate surface area is 112 Å². The largest absolute Gasteiger partial charge is 1.00 e. The third-order valence-corrected chi connectivity index (χ3v) is 2.35. The van der Waals surface area contributed by atoms with Gasteiger partial charge in [0.1, 0.15) is 0 Å². The van der Waals surface area contributed by atoms with Crippen molar-refractivity contribution in [1.82, 2.24) is 4.98 Å². The third kappa shape index (κ3) is 2.11. The maximum atomic E-state index is 4.33. The van der Waals surface area contributed by atoms with Gasteiger partial charge in [-0.1, -0.05) is 12.1 Å². The molecule has 0 saturated heterocycles. The van der Waals surface area contributed by atoms with Crippen LogP contribution in [0.15, 0.2) is 24.3 Å². The van der Waals surface area contributed by atoms with Crippen LogP contribution in [0.25, 0.3) is 10.2 Å². The molecule has 1 nitrogen and oxygen atoms in total. The summed E-state index contributed by atoms with van der Waals surface area (Å²) in [6, 6.07) is 8.19. The zero-order chi connectivity index (χ0) is 6.97. The number of rotatable bonds is 0. The van der Waals surface area contributed by atoms with Crippen LogP contribution in [-0.2, 0) is 0 Å². The first-order chi connectivity index (χ1) is 4.86. The first-order valence-corrected chi connectivity index (χ1v) is 4.00. The minimum Gasteiger partial charge on any atom is -0.242 e. The molecule has 0 saturated carbocycles. The molecule has 2 aromatic rings. The zero-order valence-electron chi connectivity index (χ0n) is 6.66. The second kappa shape index (κ2) is 4.12. The summed E-state index contributed by atoms with van der Waals surface area (Å²) >= 11 is 1.74. The first-order valence-electron chi connectivity index (χ1n) is 3.18. The van der Waals surface area contributed by atoms with Crippen LogP contribution in [0.4, 0.5) is 0 Å². The monoisotopic (exact) mass is 188 g/mol. The van der Waals surface area contributed by atoms with Gasteiger partial charge < -0.3 is 0 Å². The van der Waals surface area contributed by atoms with Gasteiger partial charge in [-0.15, -0.1) is 11.3 Å². The van der Waals surface area contributed by atoms with Gasteiger partial charge in [0.2, 0.25) is 0 Å². The fourth-order valence-electron chi connectivity index (χ4n) is 0.987. The second-order valence-electron chi connectivity index (χ2n) is 2.20. The summed E-state index contributed by atoms with van der Waals surface area (Å²) in [7, 11) is 0. The predicted octanol–water partition coefficient (Wildman–Crippen LogP) is -0.391. The van der Waals surface area contributed by atoms with Gasteiger partial charge in [0.25, 0.3) is 0 Å². The molecule has 0 fully saturated rings. The van der Waals surface area contributed by atoms with Gasteiger partial charge >= 0.3 is 51.4 Å². The van der Waals surface area contributed by atoms with Crippen molar-refractivity contribution >= 4 is 21.6 Å². The fraction of sp³-hybridized carbons (Fsp3) is 0.125. The molecule has 1 aromatic carbocycles. The van der Waals surface area contributed by atoms with Crippen molar-refractivity contribution in [2.75, 3.05) is 0 Å². The number of hydrogen-bond acceptors (Lipinski definition) is 2. The summed E-state index contributed by atoms with van der Waals surface area (Å²) in [4.78, 5) is 4.33. The van der Waals surface area contributed by atoms with Gasteiger partial charge in [-0.2, -0.15) is 0 Å². The minimum absolute atomic E-state index is 0. The van der Waals surface area contributed by atoms with Crippen molar-refractivity contribution < 1.29 is 51.4 Å². The third-order valence-electron chi connectivity index (χ3n) is 1.40. The normalized spacial score (nSPS) is 9.55. The Balaban J connectivity index is 0.000000605. The minimum atomic E-state index is 0. The summed E-state index contributed by atoms with van der Waals surface area (Å²) in [5.74, 6) is 0. The number of benzene rings is 1. The molecular formula is C8H7KNS+. The van der Waals surface area contributed by atoms with Crippen molar-refractivity contribution in [2.45, 2.75) is 6.92 Å². The van der Waals surface area contributed by atoms with E-state index in [1.807, 2.05) is 25.1 Å². The van der Waals surface area contributed by atoms with Gasteiger partial charge in [-0.05, 0) is 19.1 Å². The Hall–Kier alpha value is 0.746. The molecule has 0 aliphatic rings. The van der Waals surface area contributed by atoms with Crippen molar-refractivity contribution in [3.05, 3.63) is 29.3 Å². The summed E-state index contributed by atoms with van der Waals surface area (Å²) in [6.45, 7) is 2.03. The van der Waals surface area contributed by atoms with E-state index in [0.29, 0.717) is 0 Å². The van der Waals surface area contributed by atoms with Crippen LogP contribution < -0.4 is 51.4 Å². The van der Waals surface area contributed by atoms with Crippen LogP contribution in [-0.4, -0.2) is 4.98 Å². The van der Waals surface area contributed by atoms with Gasteiger partial charge in [-0.25, -0.2) is 4.98 Å². The number of aryl methyl sites for hydroxylation is 1. The van der Waals surface area contributed by atoms with Crippen molar-refractivity contribution in [3.63, 3.8) is 0 Å². The molecule has 0 aliphatic heterocycles. The number of para-hydroxylation sites is 1. The number of aromatic nitrogens is 1. The summed E-state index contributed by atoms with van der Waals surface area (Å²) in [5, 5.41) is 1.14. The maximum Gasteiger partial charge on any atom is 1.00 e. The Kier molecular flexibility index (Phi) is 3.68. The molecule has 50 valence electrons. The van der Waals surface area contributed by atoms with Gasteiger partial charge in [0, 0.05) is 0 Å². The zero-order valence-corrected chi connectivity index (χ0v) is 10.6. The van der Waals surface area contributed by atoms with E-state index in [4.69, 9.17) is 0 Å². The SMILES string of the molecule is Cc1nc2ccccc2s1.[K+]. The molecule has 0 radical (unpaired) electrons. The second-order valence-corrected chi connectivity index (χ2v) is 3.44. The number of hydrogen-bond donors (Lipinski definition) is 0. The Morgan fingerprint density at radius 1 is 1.27 bits per heavy atom. The molecular weight excluding hydrogens is 181 g/mol. The average Bonchev–Trinajstić information content (AvgIpc) is 2.27. The Morgan fingerprint density at radius 2 is 2.00 bits per heavy atom. The molecule has 11 heavy (non-hydrogen) atoms. The molecule has 1 heterocycles. The van der Waals surface area contributed by atoms with Crippen molar-refractivity contribution in [3.8, 4) is 0 Å². The molecule has 0 atom stereocenters. The van der Waals surface area contributed by atoms with Crippen LogP contribution in [0, 0.1) is 6.92 Å². The van der Waals surface area contributed by atoms with E-state index in [-0.39, 0.29) is 51.4 Å². The molecule has 0 unspecified atom stereocenters. The van der Waals surface area contributed by atoms with Gasteiger partial charge in [-0.3, -0.25) is 0 Å². The van der Waals surface area contributed by atoms with E-state index in [2.05, 4.69) is 11.1 Å².